The third kappa shape index (κ3) is 3.29. The number of aryl methyl sites for hydroxylation is 1. The normalized spacial score (nSPS) is 18.1. The van der Waals surface area contributed by atoms with Gasteiger partial charge in [-0.2, -0.15) is 0 Å². The molecule has 5 heteroatoms. The number of rotatable bonds is 4. The van der Waals surface area contributed by atoms with Crippen LogP contribution >= 0.6 is 0 Å². The summed E-state index contributed by atoms with van der Waals surface area (Å²) in [5.74, 6) is 0.570. The Kier molecular flexibility index (Phi) is 4.61. The molecule has 0 bridgehead atoms. The third-order valence-electron chi connectivity index (χ3n) is 3.36. The van der Waals surface area contributed by atoms with Gasteiger partial charge in [0.25, 0.3) is 0 Å². The molecule has 1 aliphatic heterocycles. The van der Waals surface area contributed by atoms with Crippen molar-refractivity contribution in [2.24, 2.45) is 5.16 Å². The average molecular weight is 277 g/mol. The van der Waals surface area contributed by atoms with E-state index < -0.39 is 0 Å². The van der Waals surface area contributed by atoms with Gasteiger partial charge in [0.2, 0.25) is 0 Å². The number of fused-ring (bicyclic) bond motifs is 1. The minimum atomic E-state index is -0.221. The minimum absolute atomic E-state index is 0.125. The molecule has 1 unspecified atom stereocenters. The van der Waals surface area contributed by atoms with E-state index in [0.29, 0.717) is 12.3 Å². The van der Waals surface area contributed by atoms with E-state index in [0.717, 1.165) is 29.7 Å². The molecule has 1 heterocycles. The van der Waals surface area contributed by atoms with Gasteiger partial charge >= 0.3 is 5.97 Å². The van der Waals surface area contributed by atoms with Crippen molar-refractivity contribution in [3.63, 3.8) is 0 Å². The van der Waals surface area contributed by atoms with Crippen LogP contribution in [0.4, 0.5) is 0 Å². The predicted molar refractivity (Wildman–Crippen MR) is 74.4 cm³/mol. The van der Waals surface area contributed by atoms with Gasteiger partial charge in [-0.15, -0.1) is 0 Å². The number of hydrogen-bond donors (Lipinski definition) is 1. The number of carbonyl (C=O) groups is 1. The fraction of sp³-hybridized carbons (Fsp3) is 0.467. The van der Waals surface area contributed by atoms with Crippen molar-refractivity contribution in [1.29, 1.82) is 0 Å². The minimum Gasteiger partial charge on any atom is -0.490 e. The molecule has 1 N–H and O–H groups in total. The number of nitrogens with zero attached hydrogens (tertiary/aromatic N) is 1. The molecule has 1 aromatic rings. The van der Waals surface area contributed by atoms with Gasteiger partial charge < -0.3 is 14.7 Å². The summed E-state index contributed by atoms with van der Waals surface area (Å²) in [4.78, 5) is 11.5. The smallest absolute Gasteiger partial charge is 0.309 e. The van der Waals surface area contributed by atoms with E-state index in [1.807, 2.05) is 18.2 Å². The highest BCUT2D eigenvalue weighted by Gasteiger charge is 2.23. The number of esters is 1. The highest BCUT2D eigenvalue weighted by molar-refractivity contribution is 5.98. The Morgan fingerprint density at radius 1 is 1.55 bits per heavy atom. The molecular formula is C15H19NO4. The van der Waals surface area contributed by atoms with Crippen molar-refractivity contribution in [3.05, 3.63) is 29.3 Å². The first-order valence-electron chi connectivity index (χ1n) is 6.78. The molecule has 2 rings (SSSR count). The van der Waals surface area contributed by atoms with Gasteiger partial charge in [-0.3, -0.25) is 4.79 Å². The molecule has 108 valence electrons. The second-order valence-corrected chi connectivity index (χ2v) is 4.80. The van der Waals surface area contributed by atoms with Crippen LogP contribution in [0.3, 0.4) is 0 Å². The van der Waals surface area contributed by atoms with Crippen molar-refractivity contribution in [2.75, 3.05) is 6.61 Å². The molecule has 0 saturated heterocycles. The second-order valence-electron chi connectivity index (χ2n) is 4.80. The lowest BCUT2D eigenvalue weighted by atomic mass is 9.97. The number of oxime groups is 1. The van der Waals surface area contributed by atoms with E-state index in [9.17, 15) is 4.79 Å². The fourth-order valence-corrected chi connectivity index (χ4v) is 2.28. The Bertz CT molecular complexity index is 525. The van der Waals surface area contributed by atoms with Crippen LogP contribution in [-0.2, 0) is 16.0 Å². The standard InChI is InChI=1S/C15H19NO4/c1-3-19-15(17)9-13-6-4-12-8-11(10(2)16-18)5-7-14(12)20-13/h5,7-8,13,18H,3-4,6,9H2,1-2H3/b16-10-. The summed E-state index contributed by atoms with van der Waals surface area (Å²) >= 11 is 0. The van der Waals surface area contributed by atoms with Gasteiger partial charge in [0.05, 0.1) is 18.7 Å². The van der Waals surface area contributed by atoms with Gasteiger partial charge in [-0.25, -0.2) is 0 Å². The summed E-state index contributed by atoms with van der Waals surface area (Å²) in [6.45, 7) is 3.93. The van der Waals surface area contributed by atoms with Gasteiger partial charge in [0, 0.05) is 0 Å². The van der Waals surface area contributed by atoms with Crippen LogP contribution in [0, 0.1) is 0 Å². The molecule has 0 aromatic heterocycles. The summed E-state index contributed by atoms with van der Waals surface area (Å²) in [6, 6.07) is 5.67. The lowest BCUT2D eigenvalue weighted by Gasteiger charge is -2.25. The number of carbonyl (C=O) groups excluding carboxylic acids is 1. The van der Waals surface area contributed by atoms with Crippen molar-refractivity contribution >= 4 is 11.7 Å². The first-order valence-corrected chi connectivity index (χ1v) is 6.78. The summed E-state index contributed by atoms with van der Waals surface area (Å²) in [7, 11) is 0. The number of hydrogen-bond acceptors (Lipinski definition) is 5. The van der Waals surface area contributed by atoms with Gasteiger partial charge in [-0.1, -0.05) is 5.16 Å². The molecule has 0 amide bonds. The molecule has 0 aliphatic carbocycles. The highest BCUT2D eigenvalue weighted by atomic mass is 16.5. The van der Waals surface area contributed by atoms with E-state index in [1.54, 1.807) is 13.8 Å². The fourth-order valence-electron chi connectivity index (χ4n) is 2.28. The molecule has 1 aliphatic rings. The van der Waals surface area contributed by atoms with E-state index in [-0.39, 0.29) is 18.5 Å². The predicted octanol–water partition coefficient (Wildman–Crippen LogP) is 2.53. The monoisotopic (exact) mass is 277 g/mol. The largest absolute Gasteiger partial charge is 0.490 e. The molecule has 0 fully saturated rings. The first kappa shape index (κ1) is 14.4. The van der Waals surface area contributed by atoms with Crippen molar-refractivity contribution in [1.82, 2.24) is 0 Å². The zero-order chi connectivity index (χ0) is 14.5. The zero-order valence-corrected chi connectivity index (χ0v) is 11.8. The Morgan fingerprint density at radius 3 is 3.05 bits per heavy atom. The zero-order valence-electron chi connectivity index (χ0n) is 11.8. The highest BCUT2D eigenvalue weighted by Crippen LogP contribution is 2.29. The summed E-state index contributed by atoms with van der Waals surface area (Å²) in [5, 5.41) is 12.0. The van der Waals surface area contributed by atoms with Crippen LogP contribution in [0.2, 0.25) is 0 Å². The third-order valence-corrected chi connectivity index (χ3v) is 3.36. The van der Waals surface area contributed by atoms with Crippen molar-refractivity contribution < 1.29 is 19.5 Å². The summed E-state index contributed by atoms with van der Waals surface area (Å²) in [6.07, 6.45) is 1.78. The maximum Gasteiger partial charge on any atom is 0.309 e. The average Bonchev–Trinajstić information content (AvgIpc) is 2.46. The SMILES string of the molecule is CCOC(=O)CC1CCc2cc(/C(C)=N\O)ccc2O1. The molecule has 0 saturated carbocycles. The lowest BCUT2D eigenvalue weighted by Crippen LogP contribution is -2.26. The Hall–Kier alpha value is -2.04. The van der Waals surface area contributed by atoms with Gasteiger partial charge in [0.1, 0.15) is 11.9 Å². The number of benzene rings is 1. The van der Waals surface area contributed by atoms with Crippen LogP contribution in [0.5, 0.6) is 5.75 Å². The Morgan fingerprint density at radius 2 is 2.35 bits per heavy atom. The number of ether oxygens (including phenoxy) is 2. The van der Waals surface area contributed by atoms with Crippen LogP contribution < -0.4 is 4.74 Å². The lowest BCUT2D eigenvalue weighted by molar-refractivity contribution is -0.145. The molecular weight excluding hydrogens is 258 g/mol. The molecule has 0 spiro atoms. The molecule has 0 radical (unpaired) electrons. The van der Waals surface area contributed by atoms with Gasteiger partial charge in [-0.05, 0) is 56.0 Å². The molecule has 5 nitrogen and oxygen atoms in total. The second kappa shape index (κ2) is 6.41. The van der Waals surface area contributed by atoms with E-state index in [1.165, 1.54) is 0 Å². The maximum absolute atomic E-state index is 11.5. The van der Waals surface area contributed by atoms with Crippen LogP contribution in [0.1, 0.15) is 37.8 Å². The topological polar surface area (TPSA) is 68.1 Å². The van der Waals surface area contributed by atoms with E-state index in [4.69, 9.17) is 14.7 Å². The molecule has 1 atom stereocenters. The maximum atomic E-state index is 11.5. The molecule has 20 heavy (non-hydrogen) atoms. The first-order chi connectivity index (χ1) is 9.63. The van der Waals surface area contributed by atoms with Crippen LogP contribution in [0.15, 0.2) is 23.4 Å². The van der Waals surface area contributed by atoms with E-state index in [2.05, 4.69) is 5.16 Å². The molecule has 1 aromatic carbocycles. The van der Waals surface area contributed by atoms with Crippen molar-refractivity contribution in [2.45, 2.75) is 39.2 Å². The Balaban J connectivity index is 2.06. The van der Waals surface area contributed by atoms with Crippen LogP contribution in [0.25, 0.3) is 0 Å². The summed E-state index contributed by atoms with van der Waals surface area (Å²) < 4.78 is 10.7. The van der Waals surface area contributed by atoms with E-state index >= 15 is 0 Å². The summed E-state index contributed by atoms with van der Waals surface area (Å²) in [5.41, 5.74) is 2.52. The van der Waals surface area contributed by atoms with Gasteiger partial charge in [0.15, 0.2) is 0 Å². The van der Waals surface area contributed by atoms with Crippen LogP contribution in [-0.4, -0.2) is 29.6 Å². The van der Waals surface area contributed by atoms with Crippen molar-refractivity contribution in [3.8, 4) is 5.75 Å². The quantitative estimate of drug-likeness (QED) is 0.397. The Labute approximate surface area is 118 Å².